The number of alkyl carbamates (subject to hydrolysis) is 1. The number of nitrogens with one attached hydrogen (secondary N) is 2. The van der Waals surface area contributed by atoms with Crippen LogP contribution in [0.1, 0.15) is 24.0 Å². The second-order valence-corrected chi connectivity index (χ2v) is 6.16. The first-order valence-electron chi connectivity index (χ1n) is 8.41. The minimum atomic E-state index is -0.662. The van der Waals surface area contributed by atoms with Gasteiger partial charge in [-0.2, -0.15) is 0 Å². The predicted molar refractivity (Wildman–Crippen MR) is 96.8 cm³/mol. The topological polar surface area (TPSA) is 84.5 Å². The molecule has 3 rings (SSSR count). The fourth-order valence-electron chi connectivity index (χ4n) is 3.09. The van der Waals surface area contributed by atoms with Crippen molar-refractivity contribution in [3.05, 3.63) is 59.7 Å². The summed E-state index contributed by atoms with van der Waals surface area (Å²) in [4.78, 5) is 34.2. The molecule has 0 atom stereocenters. The number of rotatable bonds is 6. The number of fused-ring (bicyclic) bond motifs is 3. The van der Waals surface area contributed by atoms with Crippen LogP contribution in [-0.2, 0) is 14.3 Å². The van der Waals surface area contributed by atoms with Gasteiger partial charge in [-0.3, -0.25) is 9.59 Å². The molecule has 1 aliphatic rings. The van der Waals surface area contributed by atoms with Gasteiger partial charge in [0.1, 0.15) is 18.9 Å². The number of hydrogen-bond donors (Lipinski definition) is 2. The zero-order valence-corrected chi connectivity index (χ0v) is 14.5. The summed E-state index contributed by atoms with van der Waals surface area (Å²) in [6.07, 6.45) is -0.662. The van der Waals surface area contributed by atoms with Gasteiger partial charge in [-0.1, -0.05) is 48.5 Å². The molecule has 2 N–H and O–H groups in total. The third-order valence-electron chi connectivity index (χ3n) is 4.27. The lowest BCUT2D eigenvalue weighted by atomic mass is 9.98. The van der Waals surface area contributed by atoms with Gasteiger partial charge in [0.15, 0.2) is 0 Å². The van der Waals surface area contributed by atoms with Gasteiger partial charge in [-0.05, 0) is 29.2 Å². The fourth-order valence-corrected chi connectivity index (χ4v) is 3.09. The Morgan fingerprint density at radius 2 is 1.46 bits per heavy atom. The van der Waals surface area contributed by atoms with Crippen molar-refractivity contribution in [2.75, 3.05) is 19.7 Å². The van der Waals surface area contributed by atoms with E-state index in [1.54, 1.807) is 0 Å². The maximum atomic E-state index is 11.9. The van der Waals surface area contributed by atoms with Crippen molar-refractivity contribution in [2.45, 2.75) is 12.8 Å². The smallest absolute Gasteiger partial charge is 0.407 e. The number of amides is 2. The Morgan fingerprint density at radius 3 is 2.04 bits per heavy atom. The van der Waals surface area contributed by atoms with Crippen molar-refractivity contribution < 1.29 is 19.1 Å². The monoisotopic (exact) mass is 352 g/mol. The highest BCUT2D eigenvalue weighted by atomic mass is 16.5. The molecule has 6 nitrogen and oxygen atoms in total. The molecule has 2 amide bonds. The van der Waals surface area contributed by atoms with E-state index < -0.39 is 12.0 Å². The quantitative estimate of drug-likeness (QED) is 0.835. The normalized spacial score (nSPS) is 12.0. The van der Waals surface area contributed by atoms with Gasteiger partial charge in [0.2, 0.25) is 5.91 Å². The maximum Gasteiger partial charge on any atom is 0.407 e. The van der Waals surface area contributed by atoms with E-state index in [0.717, 1.165) is 22.3 Å². The van der Waals surface area contributed by atoms with Crippen molar-refractivity contribution in [1.29, 1.82) is 0 Å². The average molecular weight is 352 g/mol. The van der Waals surface area contributed by atoms with Crippen LogP contribution in [0.15, 0.2) is 48.5 Å². The number of ketones is 1. The molecule has 0 aromatic heterocycles. The lowest BCUT2D eigenvalue weighted by Gasteiger charge is -2.14. The van der Waals surface area contributed by atoms with Crippen molar-refractivity contribution in [3.8, 4) is 11.1 Å². The fraction of sp³-hybridized carbons (Fsp3) is 0.250. The van der Waals surface area contributed by atoms with E-state index in [4.69, 9.17) is 4.74 Å². The molecule has 2 aromatic carbocycles. The summed E-state index contributed by atoms with van der Waals surface area (Å²) in [7, 11) is 0. The van der Waals surface area contributed by atoms with Crippen molar-refractivity contribution in [3.63, 3.8) is 0 Å². The number of ether oxygens (including phenoxy) is 1. The molecule has 2 aromatic rings. The summed E-state index contributed by atoms with van der Waals surface area (Å²) in [5.74, 6) is -0.618. The molecule has 0 fully saturated rings. The van der Waals surface area contributed by atoms with Gasteiger partial charge in [-0.15, -0.1) is 0 Å². The Morgan fingerprint density at radius 1 is 0.885 bits per heavy atom. The van der Waals surface area contributed by atoms with Crippen LogP contribution in [0.5, 0.6) is 0 Å². The van der Waals surface area contributed by atoms with E-state index in [2.05, 4.69) is 22.8 Å². The number of benzene rings is 2. The molecule has 0 aliphatic heterocycles. The van der Waals surface area contributed by atoms with Gasteiger partial charge in [0, 0.05) is 5.92 Å². The second-order valence-electron chi connectivity index (χ2n) is 6.16. The number of Topliss-reactive ketones (excluding diaryl/α,β-unsaturated/α-hetero) is 1. The first-order chi connectivity index (χ1) is 12.6. The SMILES string of the molecule is CC(=O)CNC(=O)CNC(=O)OCC1c2ccccc2-c2ccccc21. The first kappa shape index (κ1) is 17.7. The zero-order chi connectivity index (χ0) is 18.5. The molecule has 0 unspecified atom stereocenters. The zero-order valence-electron chi connectivity index (χ0n) is 14.5. The van der Waals surface area contributed by atoms with Gasteiger partial charge in [0.25, 0.3) is 0 Å². The maximum absolute atomic E-state index is 11.9. The van der Waals surface area contributed by atoms with Crippen LogP contribution in [0.25, 0.3) is 11.1 Å². The molecule has 0 saturated heterocycles. The molecule has 0 saturated carbocycles. The van der Waals surface area contributed by atoms with Gasteiger partial charge < -0.3 is 15.4 Å². The molecular weight excluding hydrogens is 332 g/mol. The molecule has 0 spiro atoms. The van der Waals surface area contributed by atoms with Gasteiger partial charge >= 0.3 is 6.09 Å². The summed E-state index contributed by atoms with van der Waals surface area (Å²) < 4.78 is 5.32. The number of carbonyl (C=O) groups is 3. The van der Waals surface area contributed by atoms with Gasteiger partial charge in [-0.25, -0.2) is 4.79 Å². The van der Waals surface area contributed by atoms with E-state index in [-0.39, 0.29) is 31.4 Å². The molecule has 26 heavy (non-hydrogen) atoms. The molecular formula is C20H20N2O4. The molecule has 134 valence electrons. The molecule has 0 heterocycles. The lowest BCUT2D eigenvalue weighted by Crippen LogP contribution is -2.39. The third-order valence-corrected chi connectivity index (χ3v) is 4.27. The van der Waals surface area contributed by atoms with E-state index >= 15 is 0 Å². The Bertz CT molecular complexity index is 802. The van der Waals surface area contributed by atoms with Crippen LogP contribution >= 0.6 is 0 Å². The van der Waals surface area contributed by atoms with Crippen LogP contribution in [-0.4, -0.2) is 37.5 Å². The Kier molecular flexibility index (Phi) is 5.31. The van der Waals surface area contributed by atoms with Crippen molar-refractivity contribution >= 4 is 17.8 Å². The summed E-state index contributed by atoms with van der Waals surface area (Å²) in [5.41, 5.74) is 4.56. The number of hydrogen-bond acceptors (Lipinski definition) is 4. The highest BCUT2D eigenvalue weighted by Gasteiger charge is 2.28. The first-order valence-corrected chi connectivity index (χ1v) is 8.41. The molecule has 1 aliphatic carbocycles. The van der Waals surface area contributed by atoms with Crippen LogP contribution in [0.2, 0.25) is 0 Å². The summed E-state index contributed by atoms with van der Waals surface area (Å²) in [6.45, 7) is 1.28. The Hall–Kier alpha value is -3.15. The van der Waals surface area contributed by atoms with E-state index in [1.807, 2.05) is 36.4 Å². The number of carbonyl (C=O) groups excluding carboxylic acids is 3. The van der Waals surface area contributed by atoms with E-state index in [0.29, 0.717) is 0 Å². The Labute approximate surface area is 151 Å². The van der Waals surface area contributed by atoms with Gasteiger partial charge in [0.05, 0.1) is 6.54 Å². The standard InChI is InChI=1S/C20H20N2O4/c1-13(23)10-21-19(24)11-22-20(25)26-12-18-16-8-4-2-6-14(16)15-7-3-5-9-17(15)18/h2-9,18H,10-12H2,1H3,(H,21,24)(H,22,25). The largest absolute Gasteiger partial charge is 0.449 e. The van der Waals surface area contributed by atoms with Crippen molar-refractivity contribution in [2.24, 2.45) is 0 Å². The lowest BCUT2D eigenvalue weighted by molar-refractivity contribution is -0.123. The molecule has 0 bridgehead atoms. The highest BCUT2D eigenvalue weighted by molar-refractivity contribution is 5.87. The summed E-state index contributed by atoms with van der Waals surface area (Å²) in [5, 5.41) is 4.80. The molecule has 6 heteroatoms. The minimum absolute atomic E-state index is 0.0281. The van der Waals surface area contributed by atoms with Crippen LogP contribution in [0, 0.1) is 0 Å². The highest BCUT2D eigenvalue weighted by Crippen LogP contribution is 2.44. The van der Waals surface area contributed by atoms with E-state index in [1.165, 1.54) is 6.92 Å². The van der Waals surface area contributed by atoms with Crippen LogP contribution in [0.3, 0.4) is 0 Å². The Balaban J connectivity index is 1.57. The minimum Gasteiger partial charge on any atom is -0.449 e. The van der Waals surface area contributed by atoms with Crippen molar-refractivity contribution in [1.82, 2.24) is 10.6 Å². The third kappa shape index (κ3) is 3.91. The van der Waals surface area contributed by atoms with Crippen LogP contribution in [0.4, 0.5) is 4.79 Å². The summed E-state index contributed by atoms with van der Waals surface area (Å²) >= 11 is 0. The van der Waals surface area contributed by atoms with Crippen LogP contribution < -0.4 is 10.6 Å². The molecule has 0 radical (unpaired) electrons. The van der Waals surface area contributed by atoms with E-state index in [9.17, 15) is 14.4 Å². The average Bonchev–Trinajstić information content (AvgIpc) is 2.97. The predicted octanol–water partition coefficient (Wildman–Crippen LogP) is 2.23. The summed E-state index contributed by atoms with van der Waals surface area (Å²) in [6, 6.07) is 16.1. The second kappa shape index (κ2) is 7.82.